The zero-order chi connectivity index (χ0) is 32.2. The summed E-state index contributed by atoms with van der Waals surface area (Å²) >= 11 is 0. The second-order valence-electron chi connectivity index (χ2n) is 13.0. The van der Waals surface area contributed by atoms with Gasteiger partial charge in [-0.15, -0.1) is 0 Å². The van der Waals surface area contributed by atoms with Gasteiger partial charge in [0, 0.05) is 22.5 Å². The van der Waals surface area contributed by atoms with Crippen molar-refractivity contribution in [2.45, 2.75) is 19.3 Å². The van der Waals surface area contributed by atoms with Crippen molar-refractivity contribution in [2.75, 3.05) is 9.80 Å². The molecule has 0 saturated heterocycles. The van der Waals surface area contributed by atoms with Crippen LogP contribution in [0, 0.1) is 0 Å². The Hall–Kier alpha value is -6.06. The number of para-hydroxylation sites is 5. The fraction of sp³-hybridized carbons (Fsp3) is 0.0667. The van der Waals surface area contributed by atoms with Crippen LogP contribution >= 0.6 is 0 Å². The fourth-order valence-electron chi connectivity index (χ4n) is 7.56. The molecule has 3 nitrogen and oxygen atoms in total. The van der Waals surface area contributed by atoms with Gasteiger partial charge in [-0.1, -0.05) is 123 Å². The van der Waals surface area contributed by atoms with Crippen molar-refractivity contribution < 1.29 is 4.74 Å². The summed E-state index contributed by atoms with van der Waals surface area (Å²) in [5, 5.41) is 0. The van der Waals surface area contributed by atoms with Crippen LogP contribution in [0.25, 0.3) is 22.3 Å². The zero-order valence-corrected chi connectivity index (χ0v) is 27.0. The Morgan fingerprint density at radius 3 is 1.67 bits per heavy atom. The molecule has 0 amide bonds. The third kappa shape index (κ3) is 4.43. The highest BCUT2D eigenvalue weighted by Crippen LogP contribution is 2.61. The topological polar surface area (TPSA) is 15.7 Å². The molecule has 2 aliphatic heterocycles. The first-order chi connectivity index (χ1) is 23.6. The van der Waals surface area contributed by atoms with Gasteiger partial charge in [0.1, 0.15) is 0 Å². The first-order valence-corrected chi connectivity index (χ1v) is 16.5. The summed E-state index contributed by atoms with van der Waals surface area (Å²) in [7, 11) is 0. The van der Waals surface area contributed by atoms with E-state index in [-0.39, 0.29) is 5.41 Å². The Kier molecular flexibility index (Phi) is 6.48. The predicted molar refractivity (Wildman–Crippen MR) is 199 cm³/mol. The maximum Gasteiger partial charge on any atom is 0.151 e. The molecule has 7 aromatic carbocycles. The van der Waals surface area contributed by atoms with Crippen LogP contribution < -0.4 is 14.5 Å². The highest BCUT2D eigenvalue weighted by molar-refractivity contribution is 5.96. The van der Waals surface area contributed by atoms with Gasteiger partial charge in [0.25, 0.3) is 0 Å². The molecule has 0 bridgehead atoms. The normalized spacial score (nSPS) is 13.5. The highest BCUT2D eigenvalue weighted by Gasteiger charge is 2.42. The average molecular weight is 619 g/mol. The summed E-state index contributed by atoms with van der Waals surface area (Å²) in [5.41, 5.74) is 14.0. The summed E-state index contributed by atoms with van der Waals surface area (Å²) in [6, 6.07) is 60.5. The lowest BCUT2D eigenvalue weighted by Crippen LogP contribution is -2.32. The van der Waals surface area contributed by atoms with E-state index in [9.17, 15) is 0 Å². The van der Waals surface area contributed by atoms with Crippen molar-refractivity contribution in [3.63, 3.8) is 0 Å². The zero-order valence-electron chi connectivity index (χ0n) is 27.0. The van der Waals surface area contributed by atoms with Crippen LogP contribution in [0.4, 0.5) is 34.1 Å². The molecule has 2 heterocycles. The Balaban J connectivity index is 1.09. The van der Waals surface area contributed by atoms with Gasteiger partial charge in [-0.05, 0) is 94.0 Å². The second-order valence-corrected chi connectivity index (χ2v) is 13.0. The molecule has 0 atom stereocenters. The Bertz CT molecular complexity index is 2230. The molecule has 0 aliphatic carbocycles. The number of rotatable bonds is 5. The third-order valence-corrected chi connectivity index (χ3v) is 9.81. The van der Waals surface area contributed by atoms with Crippen LogP contribution in [-0.2, 0) is 5.41 Å². The van der Waals surface area contributed by atoms with Gasteiger partial charge >= 0.3 is 0 Å². The van der Waals surface area contributed by atoms with Crippen molar-refractivity contribution in [3.8, 4) is 33.8 Å². The minimum Gasteiger partial charge on any atom is -0.453 e. The minimum atomic E-state index is -0.235. The third-order valence-electron chi connectivity index (χ3n) is 9.81. The number of ether oxygens (including phenoxy) is 1. The van der Waals surface area contributed by atoms with Gasteiger partial charge < -0.3 is 14.5 Å². The van der Waals surface area contributed by atoms with E-state index < -0.39 is 0 Å². The SMILES string of the molecule is CC1(C)c2cccc3c2N(c2ccccc2O3)c2cccc(-c3ccc(-c4ccc(N(c5ccccc5)c5ccccc5)cc4)cc3)c21. The minimum absolute atomic E-state index is 0.235. The van der Waals surface area contributed by atoms with Crippen LogP contribution in [0.2, 0.25) is 0 Å². The molecule has 9 rings (SSSR count). The molecule has 230 valence electrons. The van der Waals surface area contributed by atoms with Gasteiger partial charge in [-0.3, -0.25) is 0 Å². The van der Waals surface area contributed by atoms with E-state index in [0.29, 0.717) is 0 Å². The monoisotopic (exact) mass is 618 g/mol. The van der Waals surface area contributed by atoms with Crippen molar-refractivity contribution in [2.24, 2.45) is 0 Å². The maximum absolute atomic E-state index is 6.42. The average Bonchev–Trinajstić information content (AvgIpc) is 3.14. The van der Waals surface area contributed by atoms with Gasteiger partial charge in [0.2, 0.25) is 0 Å². The maximum atomic E-state index is 6.42. The van der Waals surface area contributed by atoms with Crippen molar-refractivity contribution in [1.82, 2.24) is 0 Å². The van der Waals surface area contributed by atoms with Gasteiger partial charge in [-0.2, -0.15) is 0 Å². The van der Waals surface area contributed by atoms with Crippen molar-refractivity contribution >= 4 is 34.1 Å². The summed E-state index contributed by atoms with van der Waals surface area (Å²) in [5.74, 6) is 1.78. The first-order valence-electron chi connectivity index (χ1n) is 16.5. The molecule has 48 heavy (non-hydrogen) atoms. The highest BCUT2D eigenvalue weighted by atomic mass is 16.5. The molecule has 0 radical (unpaired) electrons. The Labute approximate surface area is 281 Å². The quantitative estimate of drug-likeness (QED) is 0.191. The molecule has 0 fully saturated rings. The molecular weight excluding hydrogens is 585 g/mol. The lowest BCUT2D eigenvalue weighted by atomic mass is 9.70. The molecule has 7 aromatic rings. The summed E-state index contributed by atoms with van der Waals surface area (Å²) in [6.07, 6.45) is 0. The van der Waals surface area contributed by atoms with Crippen LogP contribution in [0.15, 0.2) is 170 Å². The molecule has 0 spiro atoms. The largest absolute Gasteiger partial charge is 0.453 e. The predicted octanol–water partition coefficient (Wildman–Crippen LogP) is 12.7. The summed E-state index contributed by atoms with van der Waals surface area (Å²) in [4.78, 5) is 4.69. The van der Waals surface area contributed by atoms with Crippen LogP contribution in [-0.4, -0.2) is 0 Å². The second kappa shape index (κ2) is 11.0. The lowest BCUT2D eigenvalue weighted by molar-refractivity contribution is 0.471. The molecule has 0 unspecified atom stereocenters. The van der Waals surface area contributed by atoms with Crippen LogP contribution in [0.1, 0.15) is 25.0 Å². The van der Waals surface area contributed by atoms with Crippen LogP contribution in [0.5, 0.6) is 11.5 Å². The number of benzene rings is 7. The lowest BCUT2D eigenvalue weighted by Gasteiger charge is -2.45. The molecule has 0 aromatic heterocycles. The standard InChI is InChI=1S/C45H34N2O/c1-45(2)38-18-12-22-42-44(38)47(39-19-9-10-21-41(39)48-42)40-20-11-17-37(43(40)45)33-25-23-31(24-26-33)32-27-29-36(30-28-32)46(34-13-5-3-6-14-34)35-15-7-4-8-16-35/h3-30H,1-2H3. The van der Waals surface area contributed by atoms with E-state index >= 15 is 0 Å². The van der Waals surface area contributed by atoms with Crippen molar-refractivity contribution in [3.05, 3.63) is 181 Å². The van der Waals surface area contributed by atoms with E-state index in [0.717, 1.165) is 39.9 Å². The number of nitrogens with zero attached hydrogens (tertiary/aromatic N) is 2. The number of anilines is 6. The summed E-state index contributed by atoms with van der Waals surface area (Å²) < 4.78 is 6.42. The first kappa shape index (κ1) is 28.2. The fourth-order valence-corrected chi connectivity index (χ4v) is 7.56. The molecule has 0 saturated carbocycles. The van der Waals surface area contributed by atoms with Crippen molar-refractivity contribution in [1.29, 1.82) is 0 Å². The smallest absolute Gasteiger partial charge is 0.151 e. The van der Waals surface area contributed by atoms with E-state index in [1.807, 2.05) is 6.07 Å². The number of hydrogen-bond acceptors (Lipinski definition) is 3. The Morgan fingerprint density at radius 1 is 0.458 bits per heavy atom. The van der Waals surface area contributed by atoms with Crippen LogP contribution in [0.3, 0.4) is 0 Å². The van der Waals surface area contributed by atoms with E-state index in [4.69, 9.17) is 4.74 Å². The van der Waals surface area contributed by atoms with Gasteiger partial charge in [-0.25, -0.2) is 0 Å². The number of fused-ring (bicyclic) bond motifs is 4. The summed E-state index contributed by atoms with van der Waals surface area (Å²) in [6.45, 7) is 4.68. The van der Waals surface area contributed by atoms with Gasteiger partial charge in [0.15, 0.2) is 11.5 Å². The molecule has 2 aliphatic rings. The van der Waals surface area contributed by atoms with E-state index in [1.54, 1.807) is 0 Å². The van der Waals surface area contributed by atoms with Gasteiger partial charge in [0.05, 0.1) is 17.1 Å². The Morgan fingerprint density at radius 2 is 0.979 bits per heavy atom. The molecule has 3 heteroatoms. The van der Waals surface area contributed by atoms with E-state index in [1.165, 1.54) is 39.1 Å². The molecule has 0 N–H and O–H groups in total. The molecular formula is C45H34N2O. The number of hydrogen-bond donors (Lipinski definition) is 0. The van der Waals surface area contributed by atoms with E-state index in [2.05, 4.69) is 187 Å².